The van der Waals surface area contributed by atoms with Gasteiger partial charge in [-0.05, 0) is 57.2 Å². The van der Waals surface area contributed by atoms with Crippen molar-refractivity contribution in [3.05, 3.63) is 77.9 Å². The number of amides is 2. The Kier molecular flexibility index (Phi) is 6.43. The second kappa shape index (κ2) is 9.30. The van der Waals surface area contributed by atoms with Crippen molar-refractivity contribution in [2.45, 2.75) is 25.7 Å². The molecule has 1 heterocycles. The van der Waals surface area contributed by atoms with Crippen LogP contribution >= 0.6 is 0 Å². The lowest BCUT2D eigenvalue weighted by Gasteiger charge is -2.31. The standard InChI is InChI=1S/C26H27N3O4S/c1-4-28(5-2)26(31)20-12-7-9-13-22(20)27-25(30)18-15-16-23-21(17-18)19-11-8-10-14-24(19)34(32,33)29(23)6-3/h7-17H,4-6H2,1-3H3,(H,27,30). The maximum Gasteiger partial charge on any atom is 0.264 e. The number of carbonyl (C=O) groups excluding carboxylic acids is 2. The van der Waals surface area contributed by atoms with E-state index >= 15 is 0 Å². The van der Waals surface area contributed by atoms with Crippen LogP contribution < -0.4 is 9.62 Å². The number of para-hydroxylation sites is 1. The Morgan fingerprint density at radius 2 is 1.56 bits per heavy atom. The average molecular weight is 478 g/mol. The first kappa shape index (κ1) is 23.5. The van der Waals surface area contributed by atoms with E-state index in [-0.39, 0.29) is 23.3 Å². The lowest BCUT2D eigenvalue weighted by molar-refractivity contribution is 0.0774. The number of sulfonamides is 1. The molecule has 176 valence electrons. The quantitative estimate of drug-likeness (QED) is 0.561. The van der Waals surface area contributed by atoms with Gasteiger partial charge in [-0.3, -0.25) is 13.9 Å². The fraction of sp³-hybridized carbons (Fsp3) is 0.231. The number of hydrogen-bond acceptors (Lipinski definition) is 4. The third-order valence-corrected chi connectivity index (χ3v) is 7.96. The summed E-state index contributed by atoms with van der Waals surface area (Å²) in [5.41, 5.74) is 3.00. The first-order valence-corrected chi connectivity index (χ1v) is 12.7. The zero-order valence-corrected chi connectivity index (χ0v) is 20.2. The van der Waals surface area contributed by atoms with Crippen molar-refractivity contribution in [2.24, 2.45) is 0 Å². The number of rotatable bonds is 6. The second-order valence-electron chi connectivity index (χ2n) is 7.88. The minimum absolute atomic E-state index is 0.149. The third-order valence-electron chi connectivity index (χ3n) is 6.02. The molecular weight excluding hydrogens is 450 g/mol. The van der Waals surface area contributed by atoms with Gasteiger partial charge >= 0.3 is 0 Å². The van der Waals surface area contributed by atoms with E-state index in [4.69, 9.17) is 0 Å². The summed E-state index contributed by atoms with van der Waals surface area (Å²) in [6, 6.07) is 18.7. The van der Waals surface area contributed by atoms with E-state index in [9.17, 15) is 18.0 Å². The molecule has 0 radical (unpaired) electrons. The van der Waals surface area contributed by atoms with Crippen molar-refractivity contribution in [1.29, 1.82) is 0 Å². The number of carbonyl (C=O) groups is 2. The molecule has 3 aromatic rings. The molecular formula is C26H27N3O4S. The van der Waals surface area contributed by atoms with Gasteiger partial charge in [-0.15, -0.1) is 0 Å². The SMILES string of the molecule is CCN(CC)C(=O)c1ccccc1NC(=O)c1ccc2c(c1)-c1ccccc1S(=O)(=O)N2CC. The molecule has 0 aliphatic carbocycles. The van der Waals surface area contributed by atoms with Crippen molar-refractivity contribution in [3.8, 4) is 11.1 Å². The van der Waals surface area contributed by atoms with Crippen LogP contribution in [0.25, 0.3) is 11.1 Å². The number of hydrogen-bond donors (Lipinski definition) is 1. The Balaban J connectivity index is 1.72. The van der Waals surface area contributed by atoms with Gasteiger partial charge in [0, 0.05) is 36.3 Å². The molecule has 3 aromatic carbocycles. The number of fused-ring (bicyclic) bond motifs is 3. The van der Waals surface area contributed by atoms with Crippen LogP contribution in [0.15, 0.2) is 71.6 Å². The minimum atomic E-state index is -3.67. The van der Waals surface area contributed by atoms with Crippen molar-refractivity contribution < 1.29 is 18.0 Å². The number of anilines is 2. The molecule has 34 heavy (non-hydrogen) atoms. The molecule has 0 fully saturated rings. The van der Waals surface area contributed by atoms with Crippen molar-refractivity contribution in [1.82, 2.24) is 4.90 Å². The van der Waals surface area contributed by atoms with Gasteiger partial charge in [0.25, 0.3) is 21.8 Å². The average Bonchev–Trinajstić information content (AvgIpc) is 2.85. The fourth-order valence-corrected chi connectivity index (χ4v) is 5.97. The molecule has 7 nitrogen and oxygen atoms in total. The summed E-state index contributed by atoms with van der Waals surface area (Å²) in [6.45, 7) is 7.01. The molecule has 8 heteroatoms. The number of benzene rings is 3. The van der Waals surface area contributed by atoms with Crippen LogP contribution in [-0.4, -0.2) is 44.8 Å². The molecule has 0 bridgehead atoms. The summed E-state index contributed by atoms with van der Waals surface area (Å²) in [7, 11) is -3.67. The van der Waals surface area contributed by atoms with E-state index in [0.29, 0.717) is 46.7 Å². The lowest BCUT2D eigenvalue weighted by atomic mass is 9.99. The molecule has 0 spiro atoms. The molecule has 1 aliphatic heterocycles. The summed E-state index contributed by atoms with van der Waals surface area (Å²) in [5.74, 6) is -0.527. The van der Waals surface area contributed by atoms with Gasteiger partial charge in [-0.25, -0.2) is 8.42 Å². The van der Waals surface area contributed by atoms with Crippen LogP contribution in [0.5, 0.6) is 0 Å². The Hall–Kier alpha value is -3.65. The van der Waals surface area contributed by atoms with Gasteiger partial charge in [0.2, 0.25) is 0 Å². The van der Waals surface area contributed by atoms with Crippen molar-refractivity contribution in [3.63, 3.8) is 0 Å². The zero-order valence-electron chi connectivity index (χ0n) is 19.4. The van der Waals surface area contributed by atoms with E-state index < -0.39 is 10.0 Å². The van der Waals surface area contributed by atoms with E-state index in [0.717, 1.165) is 0 Å². The zero-order chi connectivity index (χ0) is 24.5. The monoisotopic (exact) mass is 477 g/mol. The molecule has 0 atom stereocenters. The van der Waals surface area contributed by atoms with E-state index in [1.165, 1.54) is 4.31 Å². The predicted octanol–water partition coefficient (Wildman–Crippen LogP) is 4.62. The highest BCUT2D eigenvalue weighted by Crippen LogP contribution is 2.43. The third kappa shape index (κ3) is 3.94. The fourth-order valence-electron chi connectivity index (χ4n) is 4.27. The molecule has 1 N–H and O–H groups in total. The number of nitrogens with one attached hydrogen (secondary N) is 1. The van der Waals surface area contributed by atoms with Crippen LogP contribution in [0.3, 0.4) is 0 Å². The summed E-state index contributed by atoms with van der Waals surface area (Å²) in [5, 5.41) is 2.86. The predicted molar refractivity (Wildman–Crippen MR) is 134 cm³/mol. The molecule has 0 saturated heterocycles. The van der Waals surface area contributed by atoms with Crippen LogP contribution in [0.1, 0.15) is 41.5 Å². The van der Waals surface area contributed by atoms with Crippen LogP contribution in [0, 0.1) is 0 Å². The Morgan fingerprint density at radius 1 is 0.882 bits per heavy atom. The van der Waals surface area contributed by atoms with Gasteiger partial charge in [0.1, 0.15) is 0 Å². The van der Waals surface area contributed by atoms with Crippen LogP contribution in [0.2, 0.25) is 0 Å². The molecule has 2 amide bonds. The summed E-state index contributed by atoms with van der Waals surface area (Å²) in [4.78, 5) is 28.0. The summed E-state index contributed by atoms with van der Waals surface area (Å²) in [6.07, 6.45) is 0. The van der Waals surface area contributed by atoms with E-state index in [1.807, 2.05) is 13.8 Å². The normalized spacial score (nSPS) is 13.6. The highest BCUT2D eigenvalue weighted by Gasteiger charge is 2.34. The summed E-state index contributed by atoms with van der Waals surface area (Å²) >= 11 is 0. The van der Waals surface area contributed by atoms with E-state index in [1.54, 1.807) is 78.6 Å². The van der Waals surface area contributed by atoms with Gasteiger partial charge in [0.15, 0.2) is 0 Å². The topological polar surface area (TPSA) is 86.8 Å². The van der Waals surface area contributed by atoms with Gasteiger partial charge in [0.05, 0.1) is 21.8 Å². The van der Waals surface area contributed by atoms with Crippen molar-refractivity contribution in [2.75, 3.05) is 29.3 Å². The van der Waals surface area contributed by atoms with Gasteiger partial charge in [-0.2, -0.15) is 0 Å². The van der Waals surface area contributed by atoms with Crippen LogP contribution in [0.4, 0.5) is 11.4 Å². The molecule has 0 unspecified atom stereocenters. The maximum atomic E-state index is 13.2. The van der Waals surface area contributed by atoms with Crippen LogP contribution in [-0.2, 0) is 10.0 Å². The lowest BCUT2D eigenvalue weighted by Crippen LogP contribution is -2.34. The van der Waals surface area contributed by atoms with Gasteiger partial charge in [-0.1, -0.05) is 30.3 Å². The second-order valence-corrected chi connectivity index (χ2v) is 9.71. The van der Waals surface area contributed by atoms with Crippen molar-refractivity contribution >= 4 is 33.2 Å². The summed E-state index contributed by atoms with van der Waals surface area (Å²) < 4.78 is 27.5. The highest BCUT2D eigenvalue weighted by atomic mass is 32.2. The van der Waals surface area contributed by atoms with Gasteiger partial charge < -0.3 is 10.2 Å². The first-order chi connectivity index (χ1) is 16.3. The minimum Gasteiger partial charge on any atom is -0.339 e. The van der Waals surface area contributed by atoms with E-state index in [2.05, 4.69) is 5.32 Å². The smallest absolute Gasteiger partial charge is 0.264 e. The largest absolute Gasteiger partial charge is 0.339 e. The molecule has 1 aliphatic rings. The Labute approximate surface area is 200 Å². The maximum absolute atomic E-state index is 13.2. The molecule has 0 aromatic heterocycles. The Morgan fingerprint density at radius 3 is 2.26 bits per heavy atom. The number of nitrogens with zero attached hydrogens (tertiary/aromatic N) is 2. The first-order valence-electron chi connectivity index (χ1n) is 11.3. The highest BCUT2D eigenvalue weighted by molar-refractivity contribution is 7.93. The molecule has 0 saturated carbocycles. The Bertz CT molecular complexity index is 1360. The molecule has 4 rings (SSSR count).